The zero-order valence-corrected chi connectivity index (χ0v) is 8.27. The lowest BCUT2D eigenvalue weighted by Gasteiger charge is -1.94. The lowest BCUT2D eigenvalue weighted by Crippen LogP contribution is -3.00. The fourth-order valence-electron chi connectivity index (χ4n) is 0.770. The molecule has 0 nitrogen and oxygen atoms in total. The summed E-state index contributed by atoms with van der Waals surface area (Å²) >= 11 is 0. The topological polar surface area (TPSA) is 0 Å². The van der Waals surface area contributed by atoms with Crippen molar-refractivity contribution in [3.05, 3.63) is 6.42 Å². The van der Waals surface area contributed by atoms with E-state index in [1.165, 1.54) is 0 Å². The van der Waals surface area contributed by atoms with Gasteiger partial charge in [0.05, 0.1) is 18.3 Å². The third kappa shape index (κ3) is 9.78. The van der Waals surface area contributed by atoms with Crippen LogP contribution in [0.5, 0.6) is 0 Å². The molecule has 0 unspecified atom stereocenters. The molecule has 0 aromatic heterocycles. The molecule has 0 aliphatic rings. The highest BCUT2D eigenvalue weighted by Crippen LogP contribution is 2.06. The highest BCUT2D eigenvalue weighted by Gasteiger charge is 2.07. The summed E-state index contributed by atoms with van der Waals surface area (Å²) in [6, 6.07) is 0. The maximum absolute atomic E-state index is 2.33. The predicted molar refractivity (Wildman–Crippen MR) is 34.0 cm³/mol. The molecule has 50 valence electrons. The Bertz CT molecular complexity index is 33.7. The molecule has 8 heavy (non-hydrogen) atoms. The second kappa shape index (κ2) is 5.73. The zero-order chi connectivity index (χ0) is 5.86. The van der Waals surface area contributed by atoms with E-state index in [2.05, 4.69) is 34.1 Å². The summed E-state index contributed by atoms with van der Waals surface area (Å²) < 4.78 is 0. The first-order valence-corrected chi connectivity index (χ1v) is 2.98. The smallest absolute Gasteiger partial charge is 0.0924 e. The third-order valence-electron chi connectivity index (χ3n) is 0.770. The second-order valence-electron chi connectivity index (χ2n) is 2.68. The molecule has 0 fully saturated rings. The first-order chi connectivity index (χ1) is 3.13. The molecule has 0 aliphatic heterocycles. The van der Waals surface area contributed by atoms with Crippen LogP contribution in [0.15, 0.2) is 0 Å². The second-order valence-corrected chi connectivity index (χ2v) is 2.68. The Labute approximate surface area is 70.1 Å². The lowest BCUT2D eigenvalue weighted by molar-refractivity contribution is -0.00000193. The van der Waals surface area contributed by atoms with Crippen LogP contribution in [-0.4, -0.2) is 0 Å². The molecule has 0 N–H and O–H groups in total. The monoisotopic (exact) mass is 226 g/mol. The van der Waals surface area contributed by atoms with Gasteiger partial charge in [0.25, 0.3) is 0 Å². The molecule has 0 atom stereocenters. The molecule has 0 heterocycles. The van der Waals surface area contributed by atoms with Crippen LogP contribution in [0.2, 0.25) is 0 Å². The summed E-state index contributed by atoms with van der Waals surface area (Å²) in [6.45, 7) is 8.83. The number of hydrogen-bond donors (Lipinski definition) is 0. The zero-order valence-electron chi connectivity index (χ0n) is 6.11. The van der Waals surface area contributed by atoms with E-state index in [-0.39, 0.29) is 24.0 Å². The number of rotatable bonds is 2. The van der Waals surface area contributed by atoms with Crippen molar-refractivity contribution in [1.82, 2.24) is 0 Å². The Kier molecular flexibility index (Phi) is 8.17. The molecule has 0 aromatic rings. The van der Waals surface area contributed by atoms with Gasteiger partial charge in [0.2, 0.25) is 0 Å². The largest absolute Gasteiger partial charge is 1.00 e. The highest BCUT2D eigenvalue weighted by atomic mass is 127. The Hall–Kier alpha value is 0.600. The average Bonchev–Trinajstić information content (AvgIpc) is 1.27. The summed E-state index contributed by atoms with van der Waals surface area (Å²) in [7, 11) is 0. The van der Waals surface area contributed by atoms with E-state index >= 15 is 0 Å². The minimum atomic E-state index is 0. The van der Waals surface area contributed by atoms with Crippen molar-refractivity contribution in [2.45, 2.75) is 27.7 Å². The molecule has 0 aliphatic carbocycles. The normalized spacial score (nSPS) is 9.25. The van der Waals surface area contributed by atoms with Gasteiger partial charge in [-0.2, -0.15) is 0 Å². The van der Waals surface area contributed by atoms with Gasteiger partial charge in [0.15, 0.2) is 0 Å². The van der Waals surface area contributed by atoms with Gasteiger partial charge in [-0.3, -0.25) is 0 Å². The van der Waals surface area contributed by atoms with Gasteiger partial charge < -0.3 is 24.0 Å². The molecule has 0 bridgehead atoms. The molecule has 0 amide bonds. The summed E-state index contributed by atoms with van der Waals surface area (Å²) in [6.07, 6.45) is 2.33. The van der Waals surface area contributed by atoms with Crippen molar-refractivity contribution >= 4 is 0 Å². The quantitative estimate of drug-likeness (QED) is 0.440. The van der Waals surface area contributed by atoms with Crippen LogP contribution in [0.3, 0.4) is 0 Å². The van der Waals surface area contributed by atoms with Gasteiger partial charge in [-0.05, 0) is 27.7 Å². The van der Waals surface area contributed by atoms with Crippen molar-refractivity contribution in [2.75, 3.05) is 0 Å². The minimum Gasteiger partial charge on any atom is -1.00 e. The van der Waals surface area contributed by atoms with Crippen molar-refractivity contribution in [2.24, 2.45) is 11.8 Å². The molecule has 0 saturated carbocycles. The van der Waals surface area contributed by atoms with E-state index in [1.807, 2.05) is 0 Å². The van der Waals surface area contributed by atoms with Crippen LogP contribution < -0.4 is 24.0 Å². The minimum absolute atomic E-state index is 0. The number of halogens is 1. The molecular formula is C7H15I. The standard InChI is InChI=1S/C7H15.HI/c1-6(2)5-7(3)4;/h5-7H,1-4H3;1H/q+1;/p-1. The van der Waals surface area contributed by atoms with Gasteiger partial charge >= 0.3 is 0 Å². The Morgan fingerprint density at radius 2 is 1.12 bits per heavy atom. The number of hydrogen-bond acceptors (Lipinski definition) is 0. The van der Waals surface area contributed by atoms with Gasteiger partial charge in [0.1, 0.15) is 0 Å². The summed E-state index contributed by atoms with van der Waals surface area (Å²) in [4.78, 5) is 0. The third-order valence-corrected chi connectivity index (χ3v) is 0.770. The van der Waals surface area contributed by atoms with E-state index in [1.54, 1.807) is 0 Å². The first-order valence-electron chi connectivity index (χ1n) is 2.98. The van der Waals surface area contributed by atoms with Gasteiger partial charge in [-0.1, -0.05) is 0 Å². The maximum Gasteiger partial charge on any atom is 0.0924 e. The molecule has 0 radical (unpaired) electrons. The summed E-state index contributed by atoms with van der Waals surface area (Å²) in [5.41, 5.74) is 0. The maximum atomic E-state index is 2.33. The molecule has 0 aromatic carbocycles. The van der Waals surface area contributed by atoms with E-state index in [9.17, 15) is 0 Å². The van der Waals surface area contributed by atoms with Crippen LogP contribution in [0.1, 0.15) is 27.7 Å². The highest BCUT2D eigenvalue weighted by molar-refractivity contribution is 4.71. The average molecular weight is 226 g/mol. The molecular weight excluding hydrogens is 211 g/mol. The van der Waals surface area contributed by atoms with E-state index < -0.39 is 0 Å². The fourth-order valence-corrected chi connectivity index (χ4v) is 0.770. The van der Waals surface area contributed by atoms with Gasteiger partial charge in [-0.15, -0.1) is 0 Å². The molecule has 1 heteroatoms. The molecule has 0 rings (SSSR count). The van der Waals surface area contributed by atoms with Crippen LogP contribution in [0.25, 0.3) is 0 Å². The van der Waals surface area contributed by atoms with Crippen molar-refractivity contribution in [3.8, 4) is 0 Å². The van der Waals surface area contributed by atoms with Crippen molar-refractivity contribution < 1.29 is 24.0 Å². The molecule has 0 saturated heterocycles. The summed E-state index contributed by atoms with van der Waals surface area (Å²) in [5.74, 6) is 1.50. The van der Waals surface area contributed by atoms with Gasteiger partial charge in [-0.25, -0.2) is 0 Å². The van der Waals surface area contributed by atoms with Crippen LogP contribution >= 0.6 is 0 Å². The van der Waals surface area contributed by atoms with Crippen molar-refractivity contribution in [1.29, 1.82) is 0 Å². The van der Waals surface area contributed by atoms with Gasteiger partial charge in [0, 0.05) is 0 Å². The Morgan fingerprint density at radius 3 is 1.12 bits per heavy atom. The SMILES string of the molecule is CC(C)[CH+]C(C)C.[I-]. The summed E-state index contributed by atoms with van der Waals surface area (Å²) in [5, 5.41) is 0. The van der Waals surface area contributed by atoms with E-state index in [4.69, 9.17) is 0 Å². The molecule has 0 spiro atoms. The predicted octanol–water partition coefficient (Wildman–Crippen LogP) is -0.493. The Morgan fingerprint density at radius 1 is 0.875 bits per heavy atom. The van der Waals surface area contributed by atoms with Crippen LogP contribution in [-0.2, 0) is 0 Å². The van der Waals surface area contributed by atoms with E-state index in [0.29, 0.717) is 0 Å². The lowest BCUT2D eigenvalue weighted by atomic mass is 10.0. The van der Waals surface area contributed by atoms with Crippen LogP contribution in [0, 0.1) is 18.3 Å². The Balaban J connectivity index is 0. The fraction of sp³-hybridized carbons (Fsp3) is 0.857. The van der Waals surface area contributed by atoms with Crippen LogP contribution in [0.4, 0.5) is 0 Å². The van der Waals surface area contributed by atoms with Crippen molar-refractivity contribution in [3.63, 3.8) is 0 Å². The van der Waals surface area contributed by atoms with E-state index in [0.717, 1.165) is 11.8 Å². The first kappa shape index (κ1) is 11.4.